The van der Waals surface area contributed by atoms with Crippen LogP contribution in [0.15, 0.2) is 41.1 Å². The third kappa shape index (κ3) is 3.86. The fourth-order valence-corrected chi connectivity index (χ4v) is 7.10. The zero-order valence-corrected chi connectivity index (χ0v) is 18.7. The summed E-state index contributed by atoms with van der Waals surface area (Å²) in [6.07, 6.45) is 1.98. The maximum atomic E-state index is 13.0. The van der Waals surface area contributed by atoms with Crippen molar-refractivity contribution in [1.29, 1.82) is 0 Å². The maximum absolute atomic E-state index is 13.0. The summed E-state index contributed by atoms with van der Waals surface area (Å²) >= 11 is 6.91. The number of carbonyl (C=O) groups excluding carboxylic acids is 1. The lowest BCUT2D eigenvalue weighted by Crippen LogP contribution is -2.37. The van der Waals surface area contributed by atoms with Gasteiger partial charge in [-0.1, -0.05) is 17.7 Å². The molecule has 10 nitrogen and oxygen atoms in total. The monoisotopic (exact) mass is 491 g/mol. The van der Waals surface area contributed by atoms with E-state index in [1.807, 2.05) is 0 Å². The number of nitrogens with zero attached hydrogens (tertiary/aromatic N) is 2. The number of rotatable bonds is 4. The summed E-state index contributed by atoms with van der Waals surface area (Å²) in [7, 11) is -7.00. The predicted molar refractivity (Wildman–Crippen MR) is 109 cm³/mol. The summed E-state index contributed by atoms with van der Waals surface area (Å²) in [5.41, 5.74) is -0.403. The van der Waals surface area contributed by atoms with E-state index in [4.69, 9.17) is 25.2 Å². The third-order valence-corrected chi connectivity index (χ3v) is 8.73. The molecule has 0 aromatic carbocycles. The molecule has 0 atom stereocenters. The van der Waals surface area contributed by atoms with Crippen LogP contribution in [0.4, 0.5) is 5.82 Å². The van der Waals surface area contributed by atoms with Crippen LogP contribution >= 0.6 is 30.8 Å². The summed E-state index contributed by atoms with van der Waals surface area (Å²) in [6, 6.07) is 6.07. The van der Waals surface area contributed by atoms with Crippen molar-refractivity contribution in [3.63, 3.8) is 0 Å². The molecule has 30 heavy (non-hydrogen) atoms. The molecule has 1 amide bonds. The molecule has 2 aromatic heterocycles. The van der Waals surface area contributed by atoms with E-state index in [-0.39, 0.29) is 38.9 Å². The Morgan fingerprint density at radius 3 is 2.77 bits per heavy atom. The van der Waals surface area contributed by atoms with Crippen molar-refractivity contribution in [3.05, 3.63) is 45.4 Å². The van der Waals surface area contributed by atoms with E-state index in [0.29, 0.717) is 6.42 Å². The van der Waals surface area contributed by atoms with Crippen LogP contribution in [-0.2, 0) is 33.0 Å². The fraction of sp³-hybridized carbons (Fsp3) is 0.250. The number of aromatic nitrogens is 1. The number of hydrogen-bond acceptors (Lipinski definition) is 9. The molecule has 0 radical (unpaired) electrons. The molecule has 160 valence electrons. The molecule has 2 aliphatic rings. The lowest BCUT2D eigenvalue weighted by molar-refractivity contribution is -0.113. The Bertz CT molecular complexity index is 1170. The minimum absolute atomic E-state index is 0.0252. The highest BCUT2D eigenvalue weighted by Gasteiger charge is 2.44. The molecule has 2 aromatic rings. The van der Waals surface area contributed by atoms with Crippen LogP contribution < -0.4 is 5.32 Å². The average Bonchev–Trinajstić information content (AvgIpc) is 3.10. The lowest BCUT2D eigenvalue weighted by Gasteiger charge is -2.30. The van der Waals surface area contributed by atoms with E-state index < -0.39 is 29.5 Å². The second kappa shape index (κ2) is 7.95. The van der Waals surface area contributed by atoms with Gasteiger partial charge in [-0.25, -0.2) is 18.0 Å². The number of thiophene rings is 1. The topological polar surface area (TPSA) is 124 Å². The molecule has 0 aliphatic carbocycles. The number of hydrogen-bond donors (Lipinski definition) is 1. The van der Waals surface area contributed by atoms with Crippen LogP contribution in [-0.4, -0.2) is 43.9 Å². The third-order valence-electron chi connectivity index (χ3n) is 4.15. The zero-order valence-electron chi connectivity index (χ0n) is 15.4. The normalized spacial score (nSPS) is 19.9. The standard InChI is InChI=1S/C16H15ClN3O7PS2/c1-20-13(16(21)19-12-5-2-3-6-18-12)14(27-28(22)25-7-4-8-26-28)15-10(30(20,23)24)9-11(17)29-15/h2-3,5-6,9H,4,7-8H2,1H3,(H,18,19,21). The van der Waals surface area contributed by atoms with E-state index in [9.17, 15) is 17.8 Å². The number of phosphoric ester groups is 1. The van der Waals surface area contributed by atoms with E-state index in [1.165, 1.54) is 25.4 Å². The van der Waals surface area contributed by atoms with Crippen LogP contribution in [0.2, 0.25) is 4.34 Å². The number of amides is 1. The number of pyridine rings is 1. The van der Waals surface area contributed by atoms with Gasteiger partial charge in [0.05, 0.1) is 22.4 Å². The van der Waals surface area contributed by atoms with Gasteiger partial charge >= 0.3 is 7.82 Å². The van der Waals surface area contributed by atoms with Gasteiger partial charge in [0.1, 0.15) is 10.7 Å². The van der Waals surface area contributed by atoms with Gasteiger partial charge in [0.2, 0.25) is 0 Å². The highest BCUT2D eigenvalue weighted by atomic mass is 35.5. The number of halogens is 1. The molecule has 2 aliphatic heterocycles. The molecule has 0 saturated carbocycles. The number of fused-ring (bicyclic) bond motifs is 1. The van der Waals surface area contributed by atoms with Crippen LogP contribution in [0, 0.1) is 0 Å². The predicted octanol–water partition coefficient (Wildman–Crippen LogP) is 3.30. The van der Waals surface area contributed by atoms with E-state index >= 15 is 0 Å². The zero-order chi connectivity index (χ0) is 21.5. The first-order chi connectivity index (χ1) is 14.2. The summed E-state index contributed by atoms with van der Waals surface area (Å²) in [6.45, 7) is 0.262. The number of likely N-dealkylation sites (N-methyl/N-ethyl adjacent to an activating group) is 1. The number of nitrogens with one attached hydrogen (secondary N) is 1. The van der Waals surface area contributed by atoms with Gasteiger partial charge in [-0.05, 0) is 24.6 Å². The minimum atomic E-state index is -4.11. The average molecular weight is 492 g/mol. The number of sulfonamides is 1. The summed E-state index contributed by atoms with van der Waals surface area (Å²) < 4.78 is 55.5. The first kappa shape index (κ1) is 21.3. The van der Waals surface area contributed by atoms with Gasteiger partial charge in [-0.3, -0.25) is 18.1 Å². The van der Waals surface area contributed by atoms with Crippen molar-refractivity contribution in [1.82, 2.24) is 9.29 Å². The van der Waals surface area contributed by atoms with Gasteiger partial charge < -0.3 is 9.84 Å². The second-order valence-electron chi connectivity index (χ2n) is 6.12. The van der Waals surface area contributed by atoms with Gasteiger partial charge in [-0.2, -0.15) is 0 Å². The minimum Gasteiger partial charge on any atom is -0.400 e. The van der Waals surface area contributed by atoms with E-state index in [0.717, 1.165) is 15.6 Å². The van der Waals surface area contributed by atoms with Crippen molar-refractivity contribution in [2.75, 3.05) is 25.6 Å². The lowest BCUT2D eigenvalue weighted by atomic mass is 10.3. The van der Waals surface area contributed by atoms with Gasteiger partial charge in [0.25, 0.3) is 15.9 Å². The van der Waals surface area contributed by atoms with Crippen LogP contribution in [0.25, 0.3) is 5.76 Å². The number of anilines is 1. The van der Waals surface area contributed by atoms with Gasteiger partial charge in [0, 0.05) is 13.2 Å². The molecular weight excluding hydrogens is 477 g/mol. The quantitative estimate of drug-likeness (QED) is 0.646. The van der Waals surface area contributed by atoms with Crippen LogP contribution in [0.5, 0.6) is 0 Å². The Hall–Kier alpha value is -1.95. The van der Waals surface area contributed by atoms with Crippen molar-refractivity contribution in [2.45, 2.75) is 11.3 Å². The highest BCUT2D eigenvalue weighted by Crippen LogP contribution is 2.57. The maximum Gasteiger partial charge on any atom is 0.530 e. The highest BCUT2D eigenvalue weighted by molar-refractivity contribution is 7.89. The first-order valence-corrected chi connectivity index (χ1v) is 12.6. The molecule has 4 rings (SSSR count). The molecular formula is C16H15ClN3O7PS2. The Balaban J connectivity index is 1.85. The van der Waals surface area contributed by atoms with Gasteiger partial charge in [-0.15, -0.1) is 11.3 Å². The van der Waals surface area contributed by atoms with Crippen LogP contribution in [0.1, 0.15) is 11.3 Å². The molecule has 1 N–H and O–H groups in total. The Kier molecular flexibility index (Phi) is 5.64. The largest absolute Gasteiger partial charge is 0.530 e. The Morgan fingerprint density at radius 2 is 2.10 bits per heavy atom. The molecule has 14 heteroatoms. The second-order valence-corrected chi connectivity index (χ2v) is 11.3. The SMILES string of the molecule is CN1C(C(=O)Nc2ccccn2)=C(OP2(=O)OCCCO2)c2sc(Cl)cc2S1(=O)=O. The fourth-order valence-electron chi connectivity index (χ4n) is 2.77. The van der Waals surface area contributed by atoms with E-state index in [1.54, 1.807) is 12.1 Å². The molecule has 4 heterocycles. The van der Waals surface area contributed by atoms with Crippen molar-refractivity contribution in [3.8, 4) is 0 Å². The molecule has 1 saturated heterocycles. The van der Waals surface area contributed by atoms with Crippen molar-refractivity contribution in [2.24, 2.45) is 0 Å². The van der Waals surface area contributed by atoms with Crippen molar-refractivity contribution < 1.29 is 31.3 Å². The molecule has 1 fully saturated rings. The Morgan fingerprint density at radius 1 is 1.37 bits per heavy atom. The van der Waals surface area contributed by atoms with E-state index in [2.05, 4.69) is 10.3 Å². The molecule has 0 bridgehead atoms. The Labute approximate surface area is 181 Å². The molecule has 0 unspecified atom stereocenters. The van der Waals surface area contributed by atoms with Gasteiger partial charge in [0.15, 0.2) is 11.5 Å². The number of phosphoric acid groups is 1. The summed E-state index contributed by atoms with van der Waals surface area (Å²) in [5.74, 6) is -0.918. The van der Waals surface area contributed by atoms with Crippen molar-refractivity contribution >= 4 is 58.3 Å². The van der Waals surface area contributed by atoms with Crippen LogP contribution in [0.3, 0.4) is 0 Å². The molecule has 0 spiro atoms. The summed E-state index contributed by atoms with van der Waals surface area (Å²) in [4.78, 5) is 16.9. The number of carbonyl (C=O) groups is 1. The first-order valence-electron chi connectivity index (χ1n) is 8.55. The smallest absolute Gasteiger partial charge is 0.400 e. The summed E-state index contributed by atoms with van der Waals surface area (Å²) in [5, 5.41) is 2.50.